The van der Waals surface area contributed by atoms with E-state index in [1.807, 2.05) is 0 Å². The van der Waals surface area contributed by atoms with Crippen molar-refractivity contribution in [1.82, 2.24) is 20.7 Å². The van der Waals surface area contributed by atoms with Gasteiger partial charge in [0.15, 0.2) is 0 Å². The maximum atomic E-state index is 13.1. The van der Waals surface area contributed by atoms with E-state index in [9.17, 15) is 4.79 Å². The van der Waals surface area contributed by atoms with E-state index < -0.39 is 0 Å². The van der Waals surface area contributed by atoms with Crippen LogP contribution in [0.2, 0.25) is 0 Å². The predicted octanol–water partition coefficient (Wildman–Crippen LogP) is 3.22. The van der Waals surface area contributed by atoms with Crippen LogP contribution in [0.4, 0.5) is 0 Å². The van der Waals surface area contributed by atoms with Crippen LogP contribution in [0.1, 0.15) is 50.1 Å². The molecule has 0 aromatic heterocycles. The molecule has 2 aromatic carbocycles. The Labute approximate surface area is 173 Å². The van der Waals surface area contributed by atoms with Crippen LogP contribution in [0.15, 0.2) is 42.5 Å². The minimum Gasteiger partial charge on any atom is -0.341 e. The zero-order valence-corrected chi connectivity index (χ0v) is 17.1. The third-order valence-corrected chi connectivity index (χ3v) is 7.08. The molecule has 0 saturated carbocycles. The summed E-state index contributed by atoms with van der Waals surface area (Å²) in [5.74, 6) is 0.261. The second-order valence-electron chi connectivity index (χ2n) is 8.85. The molecule has 2 N–H and O–H groups in total. The van der Waals surface area contributed by atoms with Crippen LogP contribution >= 0.6 is 0 Å². The zero-order valence-electron chi connectivity index (χ0n) is 17.1. The first kappa shape index (κ1) is 19.0. The first-order valence-electron chi connectivity index (χ1n) is 11.3. The van der Waals surface area contributed by atoms with Gasteiger partial charge in [-0.1, -0.05) is 48.9 Å². The smallest absolute Gasteiger partial charge is 0.241 e. The molecule has 2 atom stereocenters. The number of hydrogen-bond donors (Lipinski definition) is 2. The third kappa shape index (κ3) is 3.91. The number of rotatable bonds is 3. The van der Waals surface area contributed by atoms with Crippen molar-refractivity contribution in [3.05, 3.63) is 48.0 Å². The highest BCUT2D eigenvalue weighted by atomic mass is 16.2. The van der Waals surface area contributed by atoms with Gasteiger partial charge >= 0.3 is 0 Å². The van der Waals surface area contributed by atoms with Crippen molar-refractivity contribution >= 4 is 16.7 Å². The number of fused-ring (bicyclic) bond motifs is 1. The van der Waals surface area contributed by atoms with Crippen molar-refractivity contribution in [1.29, 1.82) is 0 Å². The molecule has 2 unspecified atom stereocenters. The second kappa shape index (κ2) is 8.42. The highest BCUT2D eigenvalue weighted by Crippen LogP contribution is 2.30. The number of benzene rings is 2. The van der Waals surface area contributed by atoms with Crippen molar-refractivity contribution in [2.24, 2.45) is 0 Å². The fourth-order valence-corrected chi connectivity index (χ4v) is 5.43. The van der Waals surface area contributed by atoms with Crippen molar-refractivity contribution in [3.8, 4) is 0 Å². The number of amides is 1. The lowest BCUT2D eigenvalue weighted by atomic mass is 9.95. The summed E-state index contributed by atoms with van der Waals surface area (Å²) in [7, 11) is 0. The van der Waals surface area contributed by atoms with E-state index in [1.54, 1.807) is 0 Å². The first-order chi connectivity index (χ1) is 14.3. The second-order valence-corrected chi connectivity index (χ2v) is 8.85. The van der Waals surface area contributed by atoms with Gasteiger partial charge in [-0.25, -0.2) is 10.9 Å². The summed E-state index contributed by atoms with van der Waals surface area (Å²) in [6.45, 7) is 4.30. The van der Waals surface area contributed by atoms with Crippen molar-refractivity contribution in [3.63, 3.8) is 0 Å². The van der Waals surface area contributed by atoms with Gasteiger partial charge in [0.2, 0.25) is 5.91 Å². The number of likely N-dealkylation sites (tertiary alicyclic amines) is 2. The molecule has 5 nitrogen and oxygen atoms in total. The molecule has 0 radical (unpaired) electrons. The van der Waals surface area contributed by atoms with Gasteiger partial charge in [0.05, 0.1) is 0 Å². The third-order valence-electron chi connectivity index (χ3n) is 7.08. The fourth-order valence-electron chi connectivity index (χ4n) is 5.43. The van der Waals surface area contributed by atoms with Crippen molar-refractivity contribution in [2.45, 2.75) is 56.7 Å². The van der Waals surface area contributed by atoms with E-state index >= 15 is 0 Å². The molecule has 29 heavy (non-hydrogen) atoms. The molecular formula is C24H32N4O. The average Bonchev–Trinajstić information content (AvgIpc) is 3.29. The summed E-state index contributed by atoms with van der Waals surface area (Å²) in [5, 5.41) is 2.52. The minimum atomic E-state index is -0.134. The summed E-state index contributed by atoms with van der Waals surface area (Å²) >= 11 is 0. The molecule has 0 aliphatic carbocycles. The normalized spacial score (nSPS) is 26.8. The molecule has 3 fully saturated rings. The predicted molar refractivity (Wildman–Crippen MR) is 116 cm³/mol. The molecule has 5 rings (SSSR count). The van der Waals surface area contributed by atoms with Gasteiger partial charge in [-0.15, -0.1) is 0 Å². The molecule has 0 spiro atoms. The van der Waals surface area contributed by atoms with E-state index in [1.165, 1.54) is 48.7 Å². The van der Waals surface area contributed by atoms with Gasteiger partial charge in [0.25, 0.3) is 0 Å². The SMILES string of the molecule is O=C(C1CC(c2cccc3ccccc23)NN1)N1CCC(N2CCCCC2)CC1. The number of nitrogens with zero attached hydrogens (tertiary/aromatic N) is 2. The monoisotopic (exact) mass is 392 g/mol. The average molecular weight is 393 g/mol. The Balaban J connectivity index is 1.20. The largest absolute Gasteiger partial charge is 0.341 e. The van der Waals surface area contributed by atoms with E-state index in [0.717, 1.165) is 32.4 Å². The topological polar surface area (TPSA) is 47.6 Å². The lowest BCUT2D eigenvalue weighted by Crippen LogP contribution is -2.52. The van der Waals surface area contributed by atoms with E-state index in [2.05, 4.69) is 63.1 Å². The standard InChI is InChI=1S/C24H32N4O/c29-24(28-15-11-19(12-16-28)27-13-4-1-5-14-27)23-17-22(25-26-23)21-10-6-8-18-7-2-3-9-20(18)21/h2-3,6-10,19,22-23,25-26H,1,4-5,11-17H2. The molecule has 3 heterocycles. The van der Waals surface area contributed by atoms with Crippen LogP contribution in [0.5, 0.6) is 0 Å². The molecule has 3 aliphatic rings. The fraction of sp³-hybridized carbons (Fsp3) is 0.542. The first-order valence-corrected chi connectivity index (χ1v) is 11.3. The quantitative estimate of drug-likeness (QED) is 0.842. The van der Waals surface area contributed by atoms with Crippen LogP contribution in [0, 0.1) is 0 Å². The number of hydrazine groups is 1. The Morgan fingerprint density at radius 2 is 1.62 bits per heavy atom. The number of carbonyl (C=O) groups is 1. The minimum absolute atomic E-state index is 0.134. The number of piperidine rings is 2. The van der Waals surface area contributed by atoms with Gasteiger partial charge in [-0.3, -0.25) is 4.79 Å². The van der Waals surface area contributed by atoms with Gasteiger partial charge < -0.3 is 9.80 Å². The van der Waals surface area contributed by atoms with Crippen LogP contribution in [0.25, 0.3) is 10.8 Å². The summed E-state index contributed by atoms with van der Waals surface area (Å²) < 4.78 is 0. The summed E-state index contributed by atoms with van der Waals surface area (Å²) in [4.78, 5) is 17.9. The molecular weight excluding hydrogens is 360 g/mol. The van der Waals surface area contributed by atoms with Crippen LogP contribution in [0.3, 0.4) is 0 Å². The molecule has 3 aliphatic heterocycles. The maximum absolute atomic E-state index is 13.1. The molecule has 154 valence electrons. The molecule has 3 saturated heterocycles. The van der Waals surface area contributed by atoms with Crippen molar-refractivity contribution < 1.29 is 4.79 Å². The van der Waals surface area contributed by atoms with Crippen LogP contribution in [-0.4, -0.2) is 54.0 Å². The number of carbonyl (C=O) groups excluding carboxylic acids is 1. The molecule has 2 aromatic rings. The Morgan fingerprint density at radius 3 is 2.45 bits per heavy atom. The Kier molecular flexibility index (Phi) is 5.53. The maximum Gasteiger partial charge on any atom is 0.241 e. The summed E-state index contributed by atoms with van der Waals surface area (Å²) in [5.41, 5.74) is 7.95. The number of nitrogens with one attached hydrogen (secondary N) is 2. The Hall–Kier alpha value is -1.95. The lowest BCUT2D eigenvalue weighted by Gasteiger charge is -2.40. The molecule has 0 bridgehead atoms. The lowest BCUT2D eigenvalue weighted by molar-refractivity contribution is -0.134. The van der Waals surface area contributed by atoms with Crippen molar-refractivity contribution in [2.75, 3.05) is 26.2 Å². The Bertz CT molecular complexity index is 850. The Morgan fingerprint density at radius 1 is 0.862 bits per heavy atom. The van der Waals surface area contributed by atoms with Crippen LogP contribution in [-0.2, 0) is 4.79 Å². The van der Waals surface area contributed by atoms with Gasteiger partial charge in [0, 0.05) is 25.2 Å². The van der Waals surface area contributed by atoms with Crippen LogP contribution < -0.4 is 10.9 Å². The van der Waals surface area contributed by atoms with E-state index in [0.29, 0.717) is 6.04 Å². The highest BCUT2D eigenvalue weighted by molar-refractivity contribution is 5.87. The molecule has 5 heteroatoms. The van der Waals surface area contributed by atoms with Gasteiger partial charge in [0.1, 0.15) is 6.04 Å². The molecule has 1 amide bonds. The van der Waals surface area contributed by atoms with Gasteiger partial charge in [-0.05, 0) is 61.5 Å². The van der Waals surface area contributed by atoms with E-state index in [-0.39, 0.29) is 18.0 Å². The summed E-state index contributed by atoms with van der Waals surface area (Å²) in [6, 6.07) is 15.6. The zero-order chi connectivity index (χ0) is 19.6. The number of hydrogen-bond acceptors (Lipinski definition) is 4. The summed E-state index contributed by atoms with van der Waals surface area (Å²) in [6.07, 6.45) is 7.11. The van der Waals surface area contributed by atoms with E-state index in [4.69, 9.17) is 0 Å². The van der Waals surface area contributed by atoms with Gasteiger partial charge in [-0.2, -0.15) is 0 Å². The highest BCUT2D eigenvalue weighted by Gasteiger charge is 2.35.